The van der Waals surface area contributed by atoms with E-state index in [2.05, 4.69) is 16.0 Å². The van der Waals surface area contributed by atoms with Crippen molar-refractivity contribution in [1.82, 2.24) is 14.9 Å². The van der Waals surface area contributed by atoms with Gasteiger partial charge in [0.15, 0.2) is 0 Å². The molecule has 3 aromatic rings. The molecule has 1 aromatic carbocycles. The van der Waals surface area contributed by atoms with Crippen LogP contribution < -0.4 is 0 Å². The van der Waals surface area contributed by atoms with Gasteiger partial charge in [0.25, 0.3) is 5.91 Å². The number of carbonyl (C=O) groups excluding carboxylic acids is 1. The Balaban J connectivity index is 1.53. The Bertz CT molecular complexity index is 944. The number of hydrogen-bond donors (Lipinski definition) is 0. The van der Waals surface area contributed by atoms with Crippen molar-refractivity contribution in [1.29, 1.82) is 0 Å². The minimum Gasteiger partial charge on any atom is -0.332 e. The highest BCUT2D eigenvalue weighted by molar-refractivity contribution is 6.31. The van der Waals surface area contributed by atoms with Crippen molar-refractivity contribution in [3.8, 4) is 0 Å². The molecule has 2 aromatic heterocycles. The average Bonchev–Trinajstić information content (AvgIpc) is 2.76. The Kier molecular flexibility index (Phi) is 5.68. The maximum absolute atomic E-state index is 13.0. The zero-order valence-corrected chi connectivity index (χ0v) is 16.3. The number of pyridine rings is 2. The molecular formula is C23H22ClN3O. The van der Waals surface area contributed by atoms with Crippen molar-refractivity contribution >= 4 is 17.5 Å². The van der Waals surface area contributed by atoms with Gasteiger partial charge >= 0.3 is 0 Å². The second-order valence-electron chi connectivity index (χ2n) is 7.10. The lowest BCUT2D eigenvalue weighted by atomic mass is 9.95. The zero-order valence-electron chi connectivity index (χ0n) is 15.6. The summed E-state index contributed by atoms with van der Waals surface area (Å²) in [5.74, 6) is 0.0398. The summed E-state index contributed by atoms with van der Waals surface area (Å²) in [6.45, 7) is 0.764. The lowest BCUT2D eigenvalue weighted by molar-refractivity contribution is 0.0610. The van der Waals surface area contributed by atoms with Crippen LogP contribution in [0, 0.1) is 0 Å². The third kappa shape index (κ3) is 4.07. The van der Waals surface area contributed by atoms with Gasteiger partial charge in [-0.1, -0.05) is 35.9 Å². The number of amides is 1. The topological polar surface area (TPSA) is 46.1 Å². The molecule has 1 amide bonds. The number of piperidine rings is 1. The van der Waals surface area contributed by atoms with Gasteiger partial charge in [0, 0.05) is 42.3 Å². The van der Waals surface area contributed by atoms with Crippen LogP contribution in [0.4, 0.5) is 0 Å². The molecule has 3 heterocycles. The molecular weight excluding hydrogens is 370 g/mol. The van der Waals surface area contributed by atoms with E-state index < -0.39 is 0 Å². The van der Waals surface area contributed by atoms with E-state index in [4.69, 9.17) is 11.6 Å². The molecule has 4 nitrogen and oxygen atoms in total. The molecule has 28 heavy (non-hydrogen) atoms. The highest BCUT2D eigenvalue weighted by Crippen LogP contribution is 2.32. The number of benzene rings is 1. The van der Waals surface area contributed by atoms with Gasteiger partial charge < -0.3 is 4.90 Å². The van der Waals surface area contributed by atoms with Crippen LogP contribution in [-0.2, 0) is 6.42 Å². The van der Waals surface area contributed by atoms with Crippen LogP contribution in [0.3, 0.4) is 0 Å². The molecule has 0 N–H and O–H groups in total. The molecule has 1 aliphatic rings. The van der Waals surface area contributed by atoms with Crippen LogP contribution >= 0.6 is 11.6 Å². The van der Waals surface area contributed by atoms with E-state index in [1.165, 1.54) is 0 Å². The van der Waals surface area contributed by atoms with Crippen LogP contribution in [-0.4, -0.2) is 27.3 Å². The van der Waals surface area contributed by atoms with Crippen LogP contribution in [0.5, 0.6) is 0 Å². The van der Waals surface area contributed by atoms with Gasteiger partial charge in [-0.25, -0.2) is 0 Å². The molecule has 1 unspecified atom stereocenters. The minimum absolute atomic E-state index is 0.0398. The molecule has 4 rings (SSSR count). The van der Waals surface area contributed by atoms with Crippen molar-refractivity contribution in [2.75, 3.05) is 6.54 Å². The Morgan fingerprint density at radius 2 is 1.96 bits per heavy atom. The fourth-order valence-electron chi connectivity index (χ4n) is 3.75. The van der Waals surface area contributed by atoms with Crippen molar-refractivity contribution in [3.05, 3.63) is 94.5 Å². The maximum atomic E-state index is 13.0. The van der Waals surface area contributed by atoms with Gasteiger partial charge in [0.2, 0.25) is 0 Å². The monoisotopic (exact) mass is 391 g/mol. The van der Waals surface area contributed by atoms with Gasteiger partial charge in [0.05, 0.1) is 11.6 Å². The molecule has 0 saturated carbocycles. The highest BCUT2D eigenvalue weighted by Gasteiger charge is 2.29. The minimum atomic E-state index is 0.0398. The summed E-state index contributed by atoms with van der Waals surface area (Å²) in [4.78, 5) is 23.7. The Morgan fingerprint density at radius 1 is 1.07 bits per heavy atom. The van der Waals surface area contributed by atoms with Crippen LogP contribution in [0.15, 0.2) is 67.1 Å². The van der Waals surface area contributed by atoms with Crippen LogP contribution in [0.25, 0.3) is 0 Å². The van der Waals surface area contributed by atoms with Gasteiger partial charge in [-0.2, -0.15) is 0 Å². The Labute approximate surface area is 170 Å². The number of hydrogen-bond acceptors (Lipinski definition) is 3. The van der Waals surface area contributed by atoms with Gasteiger partial charge in [-0.05, 0) is 54.7 Å². The number of rotatable bonds is 4. The normalized spacial score (nSPS) is 16.8. The van der Waals surface area contributed by atoms with Crippen molar-refractivity contribution < 1.29 is 4.79 Å². The zero-order chi connectivity index (χ0) is 19.3. The second-order valence-corrected chi connectivity index (χ2v) is 7.51. The molecule has 0 radical (unpaired) electrons. The van der Waals surface area contributed by atoms with E-state index in [9.17, 15) is 4.79 Å². The van der Waals surface area contributed by atoms with E-state index >= 15 is 0 Å². The first-order valence-corrected chi connectivity index (χ1v) is 9.99. The number of likely N-dealkylation sites (tertiary alicyclic amines) is 1. The van der Waals surface area contributed by atoms with Gasteiger partial charge in [-0.3, -0.25) is 14.8 Å². The SMILES string of the molecule is O=C(c1cccnc1)N1CCCCC1c1ccc(Cc2ccccc2Cl)nc1. The Morgan fingerprint density at radius 3 is 2.71 bits per heavy atom. The Hall–Kier alpha value is -2.72. The van der Waals surface area contributed by atoms with E-state index in [1.54, 1.807) is 18.5 Å². The predicted octanol–water partition coefficient (Wildman–Crippen LogP) is 5.09. The van der Waals surface area contributed by atoms with E-state index in [0.29, 0.717) is 12.0 Å². The van der Waals surface area contributed by atoms with Crippen molar-refractivity contribution in [3.63, 3.8) is 0 Å². The van der Waals surface area contributed by atoms with E-state index in [-0.39, 0.29) is 11.9 Å². The third-order valence-corrected chi connectivity index (χ3v) is 5.60. The average molecular weight is 392 g/mol. The number of nitrogens with zero attached hydrogens (tertiary/aromatic N) is 3. The number of carbonyl (C=O) groups is 1. The lowest BCUT2D eigenvalue weighted by Crippen LogP contribution is -2.38. The summed E-state index contributed by atoms with van der Waals surface area (Å²) in [5.41, 5.74) is 3.76. The molecule has 0 bridgehead atoms. The second kappa shape index (κ2) is 8.53. The fraction of sp³-hybridized carbons (Fsp3) is 0.261. The van der Waals surface area contributed by atoms with E-state index in [0.717, 1.165) is 47.7 Å². The molecule has 1 aliphatic heterocycles. The molecule has 5 heteroatoms. The van der Waals surface area contributed by atoms with Crippen molar-refractivity contribution in [2.24, 2.45) is 0 Å². The fourth-order valence-corrected chi connectivity index (χ4v) is 3.95. The summed E-state index contributed by atoms with van der Waals surface area (Å²) in [7, 11) is 0. The maximum Gasteiger partial charge on any atom is 0.255 e. The predicted molar refractivity (Wildman–Crippen MR) is 110 cm³/mol. The summed E-state index contributed by atoms with van der Waals surface area (Å²) in [5, 5.41) is 0.758. The summed E-state index contributed by atoms with van der Waals surface area (Å²) in [6.07, 6.45) is 9.03. The molecule has 1 fully saturated rings. The lowest BCUT2D eigenvalue weighted by Gasteiger charge is -2.36. The smallest absolute Gasteiger partial charge is 0.255 e. The first-order chi connectivity index (χ1) is 13.7. The van der Waals surface area contributed by atoms with Crippen LogP contribution in [0.2, 0.25) is 5.02 Å². The van der Waals surface area contributed by atoms with Crippen molar-refractivity contribution in [2.45, 2.75) is 31.7 Å². The molecule has 1 saturated heterocycles. The number of halogens is 1. The van der Waals surface area contributed by atoms with Gasteiger partial charge in [0.1, 0.15) is 0 Å². The quantitative estimate of drug-likeness (QED) is 0.622. The molecule has 0 spiro atoms. The molecule has 142 valence electrons. The summed E-state index contributed by atoms with van der Waals surface area (Å²) < 4.78 is 0. The summed E-state index contributed by atoms with van der Waals surface area (Å²) in [6, 6.07) is 15.7. The summed E-state index contributed by atoms with van der Waals surface area (Å²) >= 11 is 6.26. The first-order valence-electron chi connectivity index (χ1n) is 9.61. The highest BCUT2D eigenvalue weighted by atomic mass is 35.5. The van der Waals surface area contributed by atoms with Crippen LogP contribution in [0.1, 0.15) is 52.5 Å². The molecule has 0 aliphatic carbocycles. The number of aromatic nitrogens is 2. The van der Waals surface area contributed by atoms with Gasteiger partial charge in [-0.15, -0.1) is 0 Å². The van der Waals surface area contributed by atoms with E-state index in [1.807, 2.05) is 47.5 Å². The largest absolute Gasteiger partial charge is 0.332 e. The first kappa shape index (κ1) is 18.6. The standard InChI is InChI=1S/C23H22ClN3O/c24-21-8-2-1-6-17(21)14-20-11-10-18(16-26-20)22-9-3-4-13-27(22)23(28)19-7-5-12-25-15-19/h1-2,5-8,10-12,15-16,22H,3-4,9,13-14H2. The third-order valence-electron chi connectivity index (χ3n) is 5.23. The molecule has 1 atom stereocenters.